The number of rotatable bonds is 6. The molecule has 1 fully saturated rings. The Labute approximate surface area is 206 Å². The Hall–Kier alpha value is -2.93. The number of aliphatic carboxylic acids is 1. The lowest BCUT2D eigenvalue weighted by Crippen LogP contribution is -2.68. The van der Waals surface area contributed by atoms with E-state index in [4.69, 9.17) is 0 Å². The van der Waals surface area contributed by atoms with E-state index in [2.05, 4.69) is 10.3 Å². The number of pyridine rings is 1. The number of hydrogen-bond acceptors (Lipinski definition) is 4. The van der Waals surface area contributed by atoms with Gasteiger partial charge in [-0.05, 0) is 55.7 Å². The van der Waals surface area contributed by atoms with Crippen LogP contribution in [0.2, 0.25) is 0 Å². The molecule has 2 aromatic rings. The summed E-state index contributed by atoms with van der Waals surface area (Å²) < 4.78 is 0. The zero-order chi connectivity index (χ0) is 23.9. The number of aryl methyl sites for hydroxylation is 2. The van der Waals surface area contributed by atoms with Crippen LogP contribution in [0.4, 0.5) is 0 Å². The van der Waals surface area contributed by atoms with Crippen LogP contribution >= 0.6 is 12.4 Å². The van der Waals surface area contributed by atoms with Gasteiger partial charge in [0, 0.05) is 17.0 Å². The Balaban J connectivity index is 0.00000324. The maximum atomic E-state index is 14.0. The highest BCUT2D eigenvalue weighted by molar-refractivity contribution is 5.99. The number of nitrogens with one attached hydrogen (secondary N) is 1. The van der Waals surface area contributed by atoms with Gasteiger partial charge < -0.3 is 15.3 Å². The topological polar surface area (TPSA) is 99.6 Å². The van der Waals surface area contributed by atoms with Crippen LogP contribution in [0.5, 0.6) is 0 Å². The predicted molar refractivity (Wildman–Crippen MR) is 131 cm³/mol. The van der Waals surface area contributed by atoms with Gasteiger partial charge in [0.05, 0.1) is 0 Å². The number of fused-ring (bicyclic) bond motifs is 1. The van der Waals surface area contributed by atoms with E-state index >= 15 is 0 Å². The molecule has 8 heteroatoms. The average molecular weight is 486 g/mol. The second-order valence-electron chi connectivity index (χ2n) is 9.37. The number of nitrogens with zero attached hydrogens (tertiary/aromatic N) is 2. The Bertz CT molecular complexity index is 1080. The summed E-state index contributed by atoms with van der Waals surface area (Å²) in [7, 11) is 0. The first-order valence-electron chi connectivity index (χ1n) is 11.6. The summed E-state index contributed by atoms with van der Waals surface area (Å²) in [4.78, 5) is 45.7. The molecule has 182 valence electrons. The maximum Gasteiger partial charge on any atom is 0.331 e. The number of carbonyl (C=O) groups excluding carboxylic acids is 2. The number of carboxylic acid groups (broad SMARTS) is 1. The normalized spacial score (nSPS) is 21.9. The number of piperazine rings is 1. The van der Waals surface area contributed by atoms with Crippen molar-refractivity contribution in [2.75, 3.05) is 0 Å². The van der Waals surface area contributed by atoms with Crippen LogP contribution in [0.1, 0.15) is 54.4 Å². The van der Waals surface area contributed by atoms with Crippen molar-refractivity contribution >= 4 is 30.2 Å². The summed E-state index contributed by atoms with van der Waals surface area (Å²) in [5.41, 5.74) is 4.11. The Kier molecular flexibility index (Phi) is 7.66. The first-order chi connectivity index (χ1) is 15.7. The summed E-state index contributed by atoms with van der Waals surface area (Å²) in [5, 5.41) is 13.3. The molecule has 1 aromatic carbocycles. The number of hydrogen-bond donors (Lipinski definition) is 2. The molecular weight excluding hydrogens is 454 g/mol. The monoisotopic (exact) mass is 485 g/mol. The highest BCUT2D eigenvalue weighted by atomic mass is 35.5. The molecule has 0 spiro atoms. The summed E-state index contributed by atoms with van der Waals surface area (Å²) in [6.07, 6.45) is 1.99. The fourth-order valence-electron chi connectivity index (χ4n) is 5.30. The van der Waals surface area contributed by atoms with Gasteiger partial charge in [0.25, 0.3) is 0 Å². The van der Waals surface area contributed by atoms with Crippen molar-refractivity contribution in [1.29, 1.82) is 0 Å². The second-order valence-corrected chi connectivity index (χ2v) is 9.37. The van der Waals surface area contributed by atoms with Crippen LogP contribution in [-0.4, -0.2) is 44.9 Å². The van der Waals surface area contributed by atoms with Crippen LogP contribution in [0, 0.1) is 25.7 Å². The molecule has 4 atom stereocenters. The van der Waals surface area contributed by atoms with E-state index in [1.54, 1.807) is 19.1 Å². The molecule has 1 aliphatic carbocycles. The minimum atomic E-state index is -1.28. The van der Waals surface area contributed by atoms with Crippen LogP contribution in [0.15, 0.2) is 36.4 Å². The zero-order valence-electron chi connectivity index (χ0n) is 19.9. The van der Waals surface area contributed by atoms with Gasteiger partial charge in [-0.1, -0.05) is 50.6 Å². The molecule has 2 heterocycles. The molecule has 7 nitrogen and oxygen atoms in total. The van der Waals surface area contributed by atoms with Crippen molar-refractivity contribution in [3.05, 3.63) is 64.5 Å². The largest absolute Gasteiger partial charge is 0.479 e. The maximum absolute atomic E-state index is 14.0. The molecule has 4 rings (SSSR count). The average Bonchev–Trinajstić information content (AvgIpc) is 3.20. The number of halogens is 1. The number of aromatic nitrogens is 1. The van der Waals surface area contributed by atoms with Crippen LogP contribution in [0.25, 0.3) is 0 Å². The van der Waals surface area contributed by atoms with Gasteiger partial charge in [0.1, 0.15) is 12.1 Å². The van der Waals surface area contributed by atoms with Crippen LogP contribution in [0.3, 0.4) is 0 Å². The molecule has 0 radical (unpaired) electrons. The van der Waals surface area contributed by atoms with Crippen molar-refractivity contribution in [2.45, 2.75) is 65.1 Å². The lowest BCUT2D eigenvalue weighted by atomic mass is 9.86. The van der Waals surface area contributed by atoms with Crippen molar-refractivity contribution in [3.63, 3.8) is 0 Å². The lowest BCUT2D eigenvalue weighted by Gasteiger charge is -2.45. The quantitative estimate of drug-likeness (QED) is 0.653. The molecule has 2 amide bonds. The van der Waals surface area contributed by atoms with E-state index in [-0.39, 0.29) is 36.1 Å². The van der Waals surface area contributed by atoms with Crippen molar-refractivity contribution in [1.82, 2.24) is 15.2 Å². The predicted octanol–water partition coefficient (Wildman–Crippen LogP) is 3.40. The smallest absolute Gasteiger partial charge is 0.331 e. The minimum absolute atomic E-state index is 0. The molecule has 0 unspecified atom stereocenters. The van der Waals surface area contributed by atoms with E-state index in [1.807, 2.05) is 45.0 Å². The summed E-state index contributed by atoms with van der Waals surface area (Å²) in [5.74, 6) is -2.07. The van der Waals surface area contributed by atoms with E-state index < -0.39 is 24.1 Å². The van der Waals surface area contributed by atoms with Gasteiger partial charge >= 0.3 is 5.97 Å². The van der Waals surface area contributed by atoms with Gasteiger partial charge in [0.15, 0.2) is 6.04 Å². The van der Waals surface area contributed by atoms with Gasteiger partial charge in [0.2, 0.25) is 11.8 Å². The summed E-state index contributed by atoms with van der Waals surface area (Å²) in [6, 6.07) is 8.61. The number of carbonyl (C=O) groups is 3. The molecular formula is C26H32ClN3O4. The molecule has 1 aliphatic heterocycles. The Morgan fingerprint density at radius 3 is 2.29 bits per heavy atom. The van der Waals surface area contributed by atoms with Crippen molar-refractivity contribution in [2.24, 2.45) is 11.8 Å². The molecule has 1 saturated heterocycles. The Morgan fingerprint density at radius 2 is 1.76 bits per heavy atom. The van der Waals surface area contributed by atoms with E-state index in [9.17, 15) is 19.5 Å². The van der Waals surface area contributed by atoms with Gasteiger partial charge in [-0.2, -0.15) is 0 Å². The molecule has 2 N–H and O–H groups in total. The third kappa shape index (κ3) is 4.53. The first kappa shape index (κ1) is 25.7. The van der Waals surface area contributed by atoms with Crippen LogP contribution in [-0.2, 0) is 27.2 Å². The molecule has 34 heavy (non-hydrogen) atoms. The van der Waals surface area contributed by atoms with E-state index in [0.29, 0.717) is 30.5 Å². The zero-order valence-corrected chi connectivity index (χ0v) is 20.8. The van der Waals surface area contributed by atoms with Gasteiger partial charge in [-0.25, -0.2) is 4.79 Å². The Morgan fingerprint density at radius 1 is 1.15 bits per heavy atom. The highest BCUT2D eigenvalue weighted by Crippen LogP contribution is 2.36. The fourth-order valence-corrected chi connectivity index (χ4v) is 5.30. The van der Waals surface area contributed by atoms with Gasteiger partial charge in [-0.3, -0.25) is 14.6 Å². The summed E-state index contributed by atoms with van der Waals surface area (Å²) in [6.45, 7) is 7.40. The molecule has 1 aromatic heterocycles. The third-order valence-electron chi connectivity index (χ3n) is 7.20. The molecule has 2 aliphatic rings. The standard InChI is InChI=1S/C26H31N3O4.ClH/c1-5-14(2)22-24(30)28-21(19-12-17-8-6-7-9-18(17)13-19)25(31)29(22)23(26(32)33)20-11-10-15(3)27-16(20)4;/h6-11,14,19,21-23H,5,12-13H2,1-4H3,(H,28,30)(H,32,33);1H/t14-,21+,22+,23+;/m0./s1. The van der Waals surface area contributed by atoms with Crippen LogP contribution < -0.4 is 5.32 Å². The lowest BCUT2D eigenvalue weighted by molar-refractivity contribution is -0.164. The number of benzene rings is 1. The number of amides is 2. The van der Waals surface area contributed by atoms with Gasteiger partial charge in [-0.15, -0.1) is 12.4 Å². The molecule has 0 bridgehead atoms. The first-order valence-corrected chi connectivity index (χ1v) is 11.6. The summed E-state index contributed by atoms with van der Waals surface area (Å²) >= 11 is 0. The van der Waals surface area contributed by atoms with E-state index in [0.717, 1.165) is 5.69 Å². The second kappa shape index (κ2) is 10.1. The SMILES string of the molecule is CC[C@H](C)[C@@H]1C(=O)N[C@H](C2Cc3ccccc3C2)C(=O)N1[C@@H](C(=O)O)c1ccc(C)nc1C.Cl. The highest BCUT2D eigenvalue weighted by Gasteiger charge is 2.51. The number of carboxylic acids is 1. The minimum Gasteiger partial charge on any atom is -0.479 e. The molecule has 0 saturated carbocycles. The third-order valence-corrected chi connectivity index (χ3v) is 7.20. The van der Waals surface area contributed by atoms with E-state index in [1.165, 1.54) is 16.0 Å². The van der Waals surface area contributed by atoms with Crippen molar-refractivity contribution < 1.29 is 19.5 Å². The fraction of sp³-hybridized carbons (Fsp3) is 0.462. The van der Waals surface area contributed by atoms with Crippen molar-refractivity contribution in [3.8, 4) is 0 Å².